The van der Waals surface area contributed by atoms with E-state index in [-0.39, 0.29) is 12.4 Å². The van der Waals surface area contributed by atoms with E-state index in [1.807, 2.05) is 0 Å². The standard InChI is InChI=1S/C5H10N2.ClH/c1-3-4-7-5-6-2;/h3-4H2,1-2H3;1H. The summed E-state index contributed by atoms with van der Waals surface area (Å²) >= 11 is 0. The highest BCUT2D eigenvalue weighted by Gasteiger charge is 1.65. The largest absolute Gasteiger partial charge is 0.229 e. The van der Waals surface area contributed by atoms with Gasteiger partial charge in [-0.3, -0.25) is 0 Å². The fourth-order valence-electron chi connectivity index (χ4n) is 0.233. The molecular weight excluding hydrogens is 124 g/mol. The summed E-state index contributed by atoms with van der Waals surface area (Å²) in [5.41, 5.74) is 0. The number of hydrogen-bond acceptors (Lipinski definition) is 2. The summed E-state index contributed by atoms with van der Waals surface area (Å²) < 4.78 is 0. The lowest BCUT2D eigenvalue weighted by atomic mass is 10.5. The van der Waals surface area contributed by atoms with Crippen molar-refractivity contribution in [2.75, 3.05) is 13.6 Å². The van der Waals surface area contributed by atoms with Gasteiger partial charge in [0.25, 0.3) is 0 Å². The lowest BCUT2D eigenvalue weighted by Crippen LogP contribution is -1.70. The molecule has 0 amide bonds. The third-order valence-electron chi connectivity index (χ3n) is 0.506. The van der Waals surface area contributed by atoms with Crippen molar-refractivity contribution in [3.8, 4) is 0 Å². The van der Waals surface area contributed by atoms with Crippen LogP contribution in [0.5, 0.6) is 0 Å². The lowest BCUT2D eigenvalue weighted by Gasteiger charge is -1.74. The summed E-state index contributed by atoms with van der Waals surface area (Å²) in [4.78, 5) is 7.35. The topological polar surface area (TPSA) is 24.7 Å². The van der Waals surface area contributed by atoms with E-state index in [0.29, 0.717) is 0 Å². The van der Waals surface area contributed by atoms with E-state index in [1.165, 1.54) is 0 Å². The summed E-state index contributed by atoms with van der Waals surface area (Å²) in [6.07, 6.45) is 1.07. The minimum atomic E-state index is 0. The van der Waals surface area contributed by atoms with Crippen LogP contribution in [0, 0.1) is 0 Å². The molecule has 0 saturated heterocycles. The summed E-state index contributed by atoms with van der Waals surface area (Å²) in [5, 5.41) is 0. The average Bonchev–Trinajstić information content (AvgIpc) is 1.69. The van der Waals surface area contributed by atoms with Crippen LogP contribution in [0.2, 0.25) is 0 Å². The molecule has 0 rings (SSSR count). The van der Waals surface area contributed by atoms with Crippen molar-refractivity contribution in [1.82, 2.24) is 0 Å². The van der Waals surface area contributed by atoms with Crippen molar-refractivity contribution in [2.45, 2.75) is 13.3 Å². The number of halogens is 1. The Hall–Kier alpha value is -0.330. The molecule has 0 atom stereocenters. The first-order valence-electron chi connectivity index (χ1n) is 2.42. The van der Waals surface area contributed by atoms with E-state index >= 15 is 0 Å². The van der Waals surface area contributed by atoms with Gasteiger partial charge in [-0.2, -0.15) is 0 Å². The van der Waals surface area contributed by atoms with Crippen LogP contribution in [0.3, 0.4) is 0 Å². The SMILES string of the molecule is CCCN=C=NC.Cl. The number of hydrogen-bond donors (Lipinski definition) is 0. The molecule has 0 aromatic heterocycles. The van der Waals surface area contributed by atoms with Crippen molar-refractivity contribution in [1.29, 1.82) is 0 Å². The van der Waals surface area contributed by atoms with Gasteiger partial charge in [0.05, 0.1) is 6.01 Å². The molecule has 0 bridgehead atoms. The minimum absolute atomic E-state index is 0. The van der Waals surface area contributed by atoms with E-state index in [9.17, 15) is 0 Å². The second-order valence-electron chi connectivity index (χ2n) is 1.21. The maximum atomic E-state index is 3.79. The monoisotopic (exact) mass is 134 g/mol. The Kier molecular flexibility index (Phi) is 13.0. The molecule has 8 heavy (non-hydrogen) atoms. The van der Waals surface area contributed by atoms with Crippen molar-refractivity contribution in [2.24, 2.45) is 9.98 Å². The Balaban J connectivity index is 0. The van der Waals surface area contributed by atoms with Crippen molar-refractivity contribution < 1.29 is 0 Å². The van der Waals surface area contributed by atoms with E-state index < -0.39 is 0 Å². The zero-order valence-electron chi connectivity index (χ0n) is 5.22. The van der Waals surface area contributed by atoms with Crippen LogP contribution in [-0.4, -0.2) is 19.6 Å². The second-order valence-corrected chi connectivity index (χ2v) is 1.21. The van der Waals surface area contributed by atoms with Crippen LogP contribution in [0.25, 0.3) is 0 Å². The first-order valence-corrected chi connectivity index (χ1v) is 2.42. The van der Waals surface area contributed by atoms with Crippen LogP contribution >= 0.6 is 12.4 Å². The smallest absolute Gasteiger partial charge is 0.0889 e. The van der Waals surface area contributed by atoms with Gasteiger partial charge in [-0.05, 0) is 6.42 Å². The zero-order valence-corrected chi connectivity index (χ0v) is 6.03. The quantitative estimate of drug-likeness (QED) is 0.513. The van der Waals surface area contributed by atoms with Crippen LogP contribution in [0.1, 0.15) is 13.3 Å². The van der Waals surface area contributed by atoms with E-state index in [4.69, 9.17) is 0 Å². The summed E-state index contributed by atoms with van der Waals surface area (Å²) in [6, 6.07) is 2.50. The molecule has 0 aliphatic rings. The van der Waals surface area contributed by atoms with E-state index in [0.717, 1.165) is 13.0 Å². The summed E-state index contributed by atoms with van der Waals surface area (Å²) in [7, 11) is 1.67. The van der Waals surface area contributed by atoms with Gasteiger partial charge in [0.2, 0.25) is 0 Å². The molecule has 0 N–H and O–H groups in total. The first-order chi connectivity index (χ1) is 3.41. The van der Waals surface area contributed by atoms with Gasteiger partial charge in [0.1, 0.15) is 0 Å². The van der Waals surface area contributed by atoms with Crippen molar-refractivity contribution in [3.05, 3.63) is 0 Å². The molecule has 0 aliphatic carbocycles. The number of nitrogens with zero attached hydrogens (tertiary/aromatic N) is 2. The molecule has 0 fully saturated rings. The molecule has 0 aromatic rings. The Bertz CT molecular complexity index is 84.4. The van der Waals surface area contributed by atoms with Gasteiger partial charge in [-0.25, -0.2) is 9.98 Å². The van der Waals surface area contributed by atoms with Crippen LogP contribution < -0.4 is 0 Å². The van der Waals surface area contributed by atoms with Crippen molar-refractivity contribution in [3.63, 3.8) is 0 Å². The molecule has 0 radical (unpaired) electrons. The highest BCUT2D eigenvalue weighted by atomic mass is 35.5. The fourth-order valence-corrected chi connectivity index (χ4v) is 0.233. The normalized spacial score (nSPS) is 6.25. The minimum Gasteiger partial charge on any atom is -0.229 e. The second kappa shape index (κ2) is 9.83. The molecule has 3 heteroatoms. The molecule has 0 saturated carbocycles. The van der Waals surface area contributed by atoms with Crippen LogP contribution in [-0.2, 0) is 0 Å². The molecular formula is C5H11ClN2. The molecule has 2 nitrogen and oxygen atoms in total. The molecule has 0 aliphatic heterocycles. The van der Waals surface area contributed by atoms with Gasteiger partial charge in [-0.15, -0.1) is 12.4 Å². The van der Waals surface area contributed by atoms with Gasteiger partial charge in [-0.1, -0.05) is 6.92 Å². The fraction of sp³-hybridized carbons (Fsp3) is 0.800. The average molecular weight is 135 g/mol. The molecule has 0 unspecified atom stereocenters. The number of rotatable bonds is 2. The maximum absolute atomic E-state index is 3.79. The third kappa shape index (κ3) is 9.18. The van der Waals surface area contributed by atoms with Gasteiger partial charge >= 0.3 is 0 Å². The lowest BCUT2D eigenvalue weighted by molar-refractivity contribution is 0.937. The number of aliphatic imine (C=N–C) groups is 2. The highest BCUT2D eigenvalue weighted by molar-refractivity contribution is 5.85. The van der Waals surface area contributed by atoms with Crippen LogP contribution in [0.15, 0.2) is 9.98 Å². The predicted molar refractivity (Wildman–Crippen MR) is 38.2 cm³/mol. The maximum Gasteiger partial charge on any atom is 0.0889 e. The summed E-state index contributed by atoms with van der Waals surface area (Å²) in [5.74, 6) is 0. The Labute approximate surface area is 56.1 Å². The molecule has 0 spiro atoms. The van der Waals surface area contributed by atoms with Gasteiger partial charge in [0.15, 0.2) is 0 Å². The Morgan fingerprint density at radius 2 is 2.12 bits per heavy atom. The third-order valence-corrected chi connectivity index (χ3v) is 0.506. The molecule has 48 valence electrons. The van der Waals surface area contributed by atoms with Gasteiger partial charge in [0, 0.05) is 13.6 Å². The molecule has 0 heterocycles. The van der Waals surface area contributed by atoms with E-state index in [1.54, 1.807) is 7.05 Å². The molecule has 0 aromatic carbocycles. The summed E-state index contributed by atoms with van der Waals surface area (Å²) in [6.45, 7) is 2.91. The Morgan fingerprint density at radius 3 is 2.50 bits per heavy atom. The van der Waals surface area contributed by atoms with Crippen LogP contribution in [0.4, 0.5) is 0 Å². The predicted octanol–water partition coefficient (Wildman–Crippen LogP) is 1.62. The van der Waals surface area contributed by atoms with Crippen molar-refractivity contribution >= 4 is 18.4 Å². The highest BCUT2D eigenvalue weighted by Crippen LogP contribution is 1.71. The van der Waals surface area contributed by atoms with E-state index in [2.05, 4.69) is 22.9 Å². The Morgan fingerprint density at radius 1 is 1.50 bits per heavy atom. The van der Waals surface area contributed by atoms with Gasteiger partial charge < -0.3 is 0 Å². The first kappa shape index (κ1) is 10.6. The zero-order chi connectivity index (χ0) is 5.54.